The van der Waals surface area contributed by atoms with Crippen LogP contribution < -0.4 is 16.2 Å². The van der Waals surface area contributed by atoms with E-state index in [1.54, 1.807) is 0 Å². The smallest absolute Gasteiger partial charge is 0.145 e. The van der Waals surface area contributed by atoms with E-state index in [9.17, 15) is 0 Å². The normalized spacial score (nSPS) is 10.8. The molecule has 5 nitrogen and oxygen atoms in total. The highest BCUT2D eigenvalue weighted by Crippen LogP contribution is 2.21. The highest BCUT2D eigenvalue weighted by molar-refractivity contribution is 9.10. The van der Waals surface area contributed by atoms with E-state index in [1.165, 1.54) is 5.56 Å². The highest BCUT2D eigenvalue weighted by atomic mass is 79.9. The number of anilines is 2. The lowest BCUT2D eigenvalue weighted by Crippen LogP contribution is -2.20. The van der Waals surface area contributed by atoms with Gasteiger partial charge in [-0.2, -0.15) is 0 Å². The van der Waals surface area contributed by atoms with Gasteiger partial charge in [-0.15, -0.1) is 0 Å². The third-order valence-corrected chi connectivity index (χ3v) is 3.59. The van der Waals surface area contributed by atoms with Crippen molar-refractivity contribution in [1.82, 2.24) is 9.97 Å². The van der Waals surface area contributed by atoms with Gasteiger partial charge in [-0.25, -0.2) is 15.8 Å². The number of nitrogen functional groups attached to an aromatic ring is 1. The quantitative estimate of drug-likeness (QED) is 0.640. The van der Waals surface area contributed by atoms with Crippen molar-refractivity contribution in [2.75, 3.05) is 17.4 Å². The molecule has 0 amide bonds. The summed E-state index contributed by atoms with van der Waals surface area (Å²) in [6.07, 6.45) is 0. The van der Waals surface area contributed by atoms with Crippen LogP contribution in [0, 0.1) is 0 Å². The SMILES string of the molecule is CC(C)c1nc(NN)cc(N(C)Cc2cccc(Br)c2)n1. The molecule has 2 aromatic rings. The molecule has 2 rings (SSSR count). The Balaban J connectivity index is 2.25. The number of halogens is 1. The fourth-order valence-corrected chi connectivity index (χ4v) is 2.42. The maximum absolute atomic E-state index is 5.50. The van der Waals surface area contributed by atoms with Gasteiger partial charge in [0.15, 0.2) is 0 Å². The van der Waals surface area contributed by atoms with Crippen molar-refractivity contribution in [1.29, 1.82) is 0 Å². The average molecular weight is 350 g/mol. The number of hydrazine groups is 1. The Kier molecular flexibility index (Phi) is 5.14. The van der Waals surface area contributed by atoms with Gasteiger partial charge in [0.05, 0.1) is 0 Å². The Hall–Kier alpha value is -1.66. The van der Waals surface area contributed by atoms with E-state index >= 15 is 0 Å². The molecule has 0 saturated heterocycles. The van der Waals surface area contributed by atoms with E-state index in [0.29, 0.717) is 5.82 Å². The van der Waals surface area contributed by atoms with E-state index in [4.69, 9.17) is 5.84 Å². The first kappa shape index (κ1) is 15.7. The monoisotopic (exact) mass is 349 g/mol. The van der Waals surface area contributed by atoms with E-state index in [1.807, 2.05) is 25.2 Å². The standard InChI is InChI=1S/C15H20BrN5/c1-10(2)15-18-13(20-17)8-14(19-15)21(3)9-11-5-4-6-12(16)7-11/h4-8,10H,9,17H2,1-3H3,(H,18,19,20). The second-order valence-corrected chi connectivity index (χ2v) is 6.17. The summed E-state index contributed by atoms with van der Waals surface area (Å²) < 4.78 is 1.07. The molecular formula is C15H20BrN5. The van der Waals surface area contributed by atoms with Crippen LogP contribution >= 0.6 is 15.9 Å². The number of hydrogen-bond donors (Lipinski definition) is 2. The zero-order valence-corrected chi connectivity index (χ0v) is 14.1. The van der Waals surface area contributed by atoms with Crippen LogP contribution in [-0.4, -0.2) is 17.0 Å². The number of rotatable bonds is 5. The van der Waals surface area contributed by atoms with Gasteiger partial charge in [0.1, 0.15) is 17.5 Å². The van der Waals surface area contributed by atoms with Crippen LogP contribution in [-0.2, 0) is 6.54 Å². The number of aromatic nitrogens is 2. The molecule has 1 heterocycles. The Bertz CT molecular complexity index is 615. The summed E-state index contributed by atoms with van der Waals surface area (Å²) in [6.45, 7) is 4.89. The van der Waals surface area contributed by atoms with Crippen molar-refractivity contribution < 1.29 is 0 Å². The second kappa shape index (κ2) is 6.87. The third-order valence-electron chi connectivity index (χ3n) is 3.09. The number of nitrogens with two attached hydrogens (primary N) is 1. The molecule has 112 valence electrons. The van der Waals surface area contributed by atoms with Crippen LogP contribution in [0.25, 0.3) is 0 Å². The number of hydrogen-bond acceptors (Lipinski definition) is 5. The molecule has 21 heavy (non-hydrogen) atoms. The Morgan fingerprint density at radius 2 is 2.05 bits per heavy atom. The van der Waals surface area contributed by atoms with E-state index < -0.39 is 0 Å². The molecule has 0 radical (unpaired) electrons. The molecule has 0 aliphatic heterocycles. The van der Waals surface area contributed by atoms with Gasteiger partial charge >= 0.3 is 0 Å². The largest absolute Gasteiger partial charge is 0.355 e. The third kappa shape index (κ3) is 4.15. The van der Waals surface area contributed by atoms with Gasteiger partial charge in [0.2, 0.25) is 0 Å². The van der Waals surface area contributed by atoms with Crippen molar-refractivity contribution in [2.24, 2.45) is 5.84 Å². The van der Waals surface area contributed by atoms with E-state index in [-0.39, 0.29) is 5.92 Å². The van der Waals surface area contributed by atoms with Crippen LogP contribution in [0.3, 0.4) is 0 Å². The van der Waals surface area contributed by atoms with Crippen LogP contribution in [0.2, 0.25) is 0 Å². The highest BCUT2D eigenvalue weighted by Gasteiger charge is 2.11. The first-order chi connectivity index (χ1) is 9.99. The summed E-state index contributed by atoms with van der Waals surface area (Å²) >= 11 is 3.49. The maximum Gasteiger partial charge on any atom is 0.145 e. The molecular weight excluding hydrogens is 330 g/mol. The van der Waals surface area contributed by atoms with Gasteiger partial charge in [-0.3, -0.25) is 0 Å². The summed E-state index contributed by atoms with van der Waals surface area (Å²) in [5.41, 5.74) is 3.81. The molecule has 0 fully saturated rings. The molecule has 1 aromatic carbocycles. The summed E-state index contributed by atoms with van der Waals surface area (Å²) in [5, 5.41) is 0. The first-order valence-electron chi connectivity index (χ1n) is 6.80. The molecule has 0 atom stereocenters. The fourth-order valence-electron chi connectivity index (χ4n) is 1.97. The van der Waals surface area contributed by atoms with Crippen LogP contribution in [0.5, 0.6) is 0 Å². The van der Waals surface area contributed by atoms with Crippen molar-refractivity contribution >= 4 is 27.6 Å². The topological polar surface area (TPSA) is 67.1 Å². The summed E-state index contributed by atoms with van der Waals surface area (Å²) in [6, 6.07) is 10.1. The van der Waals surface area contributed by atoms with Crippen LogP contribution in [0.4, 0.5) is 11.6 Å². The lowest BCUT2D eigenvalue weighted by molar-refractivity contribution is 0.763. The molecule has 3 N–H and O–H groups in total. The number of nitrogens with one attached hydrogen (secondary N) is 1. The summed E-state index contributed by atoms with van der Waals surface area (Å²) in [5.74, 6) is 8.00. The zero-order valence-electron chi connectivity index (χ0n) is 12.5. The van der Waals surface area contributed by atoms with Gasteiger partial charge < -0.3 is 10.3 Å². The minimum atomic E-state index is 0.247. The number of nitrogens with zero attached hydrogens (tertiary/aromatic N) is 3. The van der Waals surface area contributed by atoms with Crippen LogP contribution in [0.15, 0.2) is 34.8 Å². The molecule has 0 aliphatic carbocycles. The van der Waals surface area contributed by atoms with E-state index in [2.05, 4.69) is 62.2 Å². The van der Waals surface area contributed by atoms with Crippen molar-refractivity contribution in [2.45, 2.75) is 26.3 Å². The Morgan fingerprint density at radius 3 is 2.67 bits per heavy atom. The summed E-state index contributed by atoms with van der Waals surface area (Å²) in [7, 11) is 2.01. The molecule has 0 spiro atoms. The predicted molar refractivity (Wildman–Crippen MR) is 90.2 cm³/mol. The lowest BCUT2D eigenvalue weighted by Gasteiger charge is -2.20. The molecule has 6 heteroatoms. The maximum atomic E-state index is 5.50. The number of benzene rings is 1. The van der Waals surface area contributed by atoms with Gasteiger partial charge in [-0.1, -0.05) is 41.9 Å². The molecule has 0 saturated carbocycles. The van der Waals surface area contributed by atoms with Gasteiger partial charge in [0, 0.05) is 30.0 Å². The fraction of sp³-hybridized carbons (Fsp3) is 0.333. The molecule has 0 unspecified atom stereocenters. The van der Waals surface area contributed by atoms with Crippen molar-refractivity contribution in [3.05, 3.63) is 46.2 Å². The zero-order chi connectivity index (χ0) is 15.4. The molecule has 1 aromatic heterocycles. The second-order valence-electron chi connectivity index (χ2n) is 5.25. The Morgan fingerprint density at radius 1 is 1.29 bits per heavy atom. The summed E-state index contributed by atoms with van der Waals surface area (Å²) in [4.78, 5) is 11.1. The van der Waals surface area contributed by atoms with Gasteiger partial charge in [-0.05, 0) is 17.7 Å². The minimum absolute atomic E-state index is 0.247. The average Bonchev–Trinajstić information content (AvgIpc) is 2.46. The predicted octanol–water partition coefficient (Wildman–Crippen LogP) is 3.28. The minimum Gasteiger partial charge on any atom is -0.355 e. The van der Waals surface area contributed by atoms with Crippen molar-refractivity contribution in [3.8, 4) is 0 Å². The van der Waals surface area contributed by atoms with E-state index in [0.717, 1.165) is 22.7 Å². The lowest BCUT2D eigenvalue weighted by atomic mass is 10.2. The van der Waals surface area contributed by atoms with Crippen LogP contribution in [0.1, 0.15) is 31.2 Å². The van der Waals surface area contributed by atoms with Crippen molar-refractivity contribution in [3.63, 3.8) is 0 Å². The first-order valence-corrected chi connectivity index (χ1v) is 7.60. The Labute approximate surface area is 133 Å². The molecule has 0 aliphatic rings. The molecule has 0 bridgehead atoms. The van der Waals surface area contributed by atoms with Gasteiger partial charge in [0.25, 0.3) is 0 Å².